The molecule has 1 rings (SSSR count). The van der Waals surface area contributed by atoms with E-state index in [4.69, 9.17) is 9.47 Å². The third-order valence-corrected chi connectivity index (χ3v) is 2.13. The molecule has 0 saturated heterocycles. The van der Waals surface area contributed by atoms with Gasteiger partial charge in [-0.1, -0.05) is 30.3 Å². The lowest BCUT2D eigenvalue weighted by atomic mass is 10.2. The van der Waals surface area contributed by atoms with Gasteiger partial charge in [0.1, 0.15) is 0 Å². The highest BCUT2D eigenvalue weighted by atomic mass is 16.5. The molecule has 1 aromatic rings. The van der Waals surface area contributed by atoms with Crippen LogP contribution in [0.5, 0.6) is 0 Å². The number of hydrogen-bond acceptors (Lipinski definition) is 2. The predicted octanol–water partition coefficient (Wildman–Crippen LogP) is 4.43. The number of rotatable bonds is 2. The zero-order chi connectivity index (χ0) is 14.2. The van der Waals surface area contributed by atoms with E-state index in [-0.39, 0.29) is 11.2 Å². The third kappa shape index (κ3) is 11.6. The van der Waals surface area contributed by atoms with Gasteiger partial charge < -0.3 is 9.47 Å². The summed E-state index contributed by atoms with van der Waals surface area (Å²) in [6, 6.07) is 10.2. The molecule has 2 heteroatoms. The molecule has 0 atom stereocenters. The van der Waals surface area contributed by atoms with Gasteiger partial charge in [-0.2, -0.15) is 0 Å². The van der Waals surface area contributed by atoms with Gasteiger partial charge in [-0.15, -0.1) is 0 Å². The third-order valence-electron chi connectivity index (χ3n) is 2.13. The molecule has 0 unspecified atom stereocenters. The van der Waals surface area contributed by atoms with Crippen molar-refractivity contribution in [1.29, 1.82) is 0 Å². The first-order chi connectivity index (χ1) is 8.14. The highest BCUT2D eigenvalue weighted by Gasteiger charge is 2.09. The van der Waals surface area contributed by atoms with Crippen molar-refractivity contribution in [3.8, 4) is 0 Å². The van der Waals surface area contributed by atoms with Crippen LogP contribution in [-0.2, 0) is 16.1 Å². The average molecular weight is 252 g/mol. The van der Waals surface area contributed by atoms with Crippen molar-refractivity contribution >= 4 is 0 Å². The normalized spacial score (nSPS) is 11.7. The van der Waals surface area contributed by atoms with Gasteiger partial charge in [0.2, 0.25) is 0 Å². The number of methoxy groups -OCH3 is 1. The zero-order valence-electron chi connectivity index (χ0n) is 12.9. The van der Waals surface area contributed by atoms with E-state index in [1.165, 1.54) is 5.56 Å². The van der Waals surface area contributed by atoms with Gasteiger partial charge in [0, 0.05) is 7.11 Å². The second kappa shape index (κ2) is 7.55. The fourth-order valence-electron chi connectivity index (χ4n) is 0.874. The summed E-state index contributed by atoms with van der Waals surface area (Å²) < 4.78 is 10.6. The first-order valence-corrected chi connectivity index (χ1v) is 6.37. The molecule has 0 spiro atoms. The second-order valence-electron chi connectivity index (χ2n) is 6.20. The van der Waals surface area contributed by atoms with Crippen LogP contribution in [0.15, 0.2) is 30.3 Å². The minimum absolute atomic E-state index is 0.0417. The van der Waals surface area contributed by atoms with Gasteiger partial charge in [-0.25, -0.2) is 0 Å². The molecular weight excluding hydrogens is 224 g/mol. The Morgan fingerprint density at radius 3 is 1.61 bits per heavy atom. The summed E-state index contributed by atoms with van der Waals surface area (Å²) in [6.45, 7) is 13.0. The van der Waals surface area contributed by atoms with Crippen LogP contribution in [0, 0.1) is 0 Å². The lowest BCUT2D eigenvalue weighted by Crippen LogP contribution is -2.18. The van der Waals surface area contributed by atoms with Crippen molar-refractivity contribution in [2.45, 2.75) is 59.4 Å². The molecule has 0 aliphatic heterocycles. The van der Waals surface area contributed by atoms with E-state index in [0.29, 0.717) is 6.61 Å². The summed E-state index contributed by atoms with van der Waals surface area (Å²) in [5.74, 6) is 0. The monoisotopic (exact) mass is 252 g/mol. The summed E-state index contributed by atoms with van der Waals surface area (Å²) in [5.41, 5.74) is 1.22. The molecule has 2 nitrogen and oxygen atoms in total. The molecule has 18 heavy (non-hydrogen) atoms. The van der Waals surface area contributed by atoms with Crippen molar-refractivity contribution in [3.63, 3.8) is 0 Å². The summed E-state index contributed by atoms with van der Waals surface area (Å²) in [7, 11) is 1.71. The second-order valence-corrected chi connectivity index (χ2v) is 6.20. The summed E-state index contributed by atoms with van der Waals surface area (Å²) in [6.07, 6.45) is 0. The van der Waals surface area contributed by atoms with E-state index in [2.05, 4.69) is 32.9 Å². The lowest BCUT2D eigenvalue weighted by Gasteiger charge is -2.19. The quantitative estimate of drug-likeness (QED) is 0.775. The molecule has 0 aliphatic rings. The lowest BCUT2D eigenvalue weighted by molar-refractivity contribution is -0.0149. The summed E-state index contributed by atoms with van der Waals surface area (Å²) in [5, 5.41) is 0. The van der Waals surface area contributed by atoms with Gasteiger partial charge >= 0.3 is 0 Å². The van der Waals surface area contributed by atoms with Gasteiger partial charge in [-0.3, -0.25) is 0 Å². The first-order valence-electron chi connectivity index (χ1n) is 6.37. The van der Waals surface area contributed by atoms with E-state index < -0.39 is 0 Å². The minimum atomic E-state index is -0.0458. The van der Waals surface area contributed by atoms with Gasteiger partial charge in [0.25, 0.3) is 0 Å². The number of ether oxygens (including phenoxy) is 2. The van der Waals surface area contributed by atoms with E-state index in [1.807, 2.05) is 39.0 Å². The van der Waals surface area contributed by atoms with Gasteiger partial charge in [0.15, 0.2) is 0 Å². The van der Waals surface area contributed by atoms with Gasteiger partial charge in [-0.05, 0) is 47.1 Å². The largest absolute Gasteiger partial charge is 0.379 e. The Hall–Kier alpha value is -0.860. The molecule has 0 bridgehead atoms. The van der Waals surface area contributed by atoms with Crippen molar-refractivity contribution in [1.82, 2.24) is 0 Å². The molecule has 0 aromatic heterocycles. The van der Waals surface area contributed by atoms with E-state index >= 15 is 0 Å². The molecule has 0 saturated carbocycles. The highest BCUT2D eigenvalue weighted by molar-refractivity contribution is 5.13. The van der Waals surface area contributed by atoms with E-state index in [0.717, 1.165) is 0 Å². The van der Waals surface area contributed by atoms with E-state index in [1.54, 1.807) is 7.11 Å². The maximum absolute atomic E-state index is 5.62. The standard InChI is InChI=1S/C11H16O.C5H12O/c1-11(2,3)12-9-10-7-5-4-6-8-10;1-5(2,3)6-4/h4-8H,9H2,1-3H3;1-4H3. The Labute approximate surface area is 112 Å². The fourth-order valence-corrected chi connectivity index (χ4v) is 0.874. The number of benzene rings is 1. The van der Waals surface area contributed by atoms with Crippen molar-refractivity contribution in [2.24, 2.45) is 0 Å². The molecule has 0 N–H and O–H groups in total. The Morgan fingerprint density at radius 1 is 0.833 bits per heavy atom. The van der Waals surface area contributed by atoms with Crippen LogP contribution in [0.25, 0.3) is 0 Å². The van der Waals surface area contributed by atoms with Crippen molar-refractivity contribution in [2.75, 3.05) is 7.11 Å². The molecule has 0 radical (unpaired) electrons. The Morgan fingerprint density at radius 2 is 1.28 bits per heavy atom. The highest BCUT2D eigenvalue weighted by Crippen LogP contribution is 2.10. The van der Waals surface area contributed by atoms with E-state index in [9.17, 15) is 0 Å². The van der Waals surface area contributed by atoms with Crippen LogP contribution in [0.3, 0.4) is 0 Å². The maximum atomic E-state index is 5.62. The Kier molecular flexibility index (Phi) is 7.19. The summed E-state index contributed by atoms with van der Waals surface area (Å²) >= 11 is 0. The SMILES string of the molecule is CC(C)(C)OCc1ccccc1.COC(C)(C)C. The molecule has 0 amide bonds. The van der Waals surface area contributed by atoms with Crippen LogP contribution in [0.4, 0.5) is 0 Å². The first kappa shape index (κ1) is 17.1. The average Bonchev–Trinajstić information content (AvgIpc) is 2.27. The fraction of sp³-hybridized carbons (Fsp3) is 0.625. The van der Waals surface area contributed by atoms with Gasteiger partial charge in [0.05, 0.1) is 17.8 Å². The Balaban J connectivity index is 0.000000411. The number of hydrogen-bond donors (Lipinski definition) is 0. The molecule has 1 aromatic carbocycles. The molecule has 0 heterocycles. The van der Waals surface area contributed by atoms with Crippen LogP contribution in [-0.4, -0.2) is 18.3 Å². The van der Waals surface area contributed by atoms with Crippen LogP contribution in [0.2, 0.25) is 0 Å². The Bertz CT molecular complexity index is 304. The predicted molar refractivity (Wildman–Crippen MR) is 77.7 cm³/mol. The summed E-state index contributed by atoms with van der Waals surface area (Å²) in [4.78, 5) is 0. The van der Waals surface area contributed by atoms with Crippen LogP contribution < -0.4 is 0 Å². The molecule has 0 aliphatic carbocycles. The molecule has 104 valence electrons. The zero-order valence-corrected chi connectivity index (χ0v) is 12.9. The minimum Gasteiger partial charge on any atom is -0.379 e. The van der Waals surface area contributed by atoms with Crippen molar-refractivity contribution < 1.29 is 9.47 Å². The topological polar surface area (TPSA) is 18.5 Å². The van der Waals surface area contributed by atoms with Crippen LogP contribution >= 0.6 is 0 Å². The molecular formula is C16H28O2. The maximum Gasteiger partial charge on any atom is 0.0724 e. The molecule has 0 fully saturated rings. The van der Waals surface area contributed by atoms with Crippen molar-refractivity contribution in [3.05, 3.63) is 35.9 Å². The van der Waals surface area contributed by atoms with Crippen LogP contribution in [0.1, 0.15) is 47.1 Å². The smallest absolute Gasteiger partial charge is 0.0724 e.